The number of urea groups is 1. The van der Waals surface area contributed by atoms with Gasteiger partial charge in [-0.05, 0) is 42.0 Å². The van der Waals surface area contributed by atoms with E-state index in [2.05, 4.69) is 5.32 Å². The number of carbonyl (C=O) groups excluding carboxylic acids is 2. The molecule has 2 aromatic carbocycles. The zero-order chi connectivity index (χ0) is 21.6. The van der Waals surface area contributed by atoms with Crippen LogP contribution in [-0.2, 0) is 0 Å². The van der Waals surface area contributed by atoms with E-state index in [1.165, 1.54) is 47.8 Å². The number of hydrogen-bond acceptors (Lipinski definition) is 3. The number of benzene rings is 2. The Morgan fingerprint density at radius 2 is 1.66 bits per heavy atom. The number of nitrogens with one attached hydrogen (secondary N) is 2. The predicted molar refractivity (Wildman–Crippen MR) is 101 cm³/mol. The molecule has 2 amide bonds. The van der Waals surface area contributed by atoms with E-state index in [1.54, 1.807) is 0 Å². The summed E-state index contributed by atoms with van der Waals surface area (Å²) in [5.74, 6) is -3.23. The highest BCUT2D eigenvalue weighted by atomic mass is 35.5. The van der Waals surface area contributed by atoms with Crippen molar-refractivity contribution >= 4 is 46.6 Å². The van der Waals surface area contributed by atoms with E-state index in [0.29, 0.717) is 0 Å². The largest absolute Gasteiger partial charge is 0.437 e. The summed E-state index contributed by atoms with van der Waals surface area (Å²) >= 11 is 17.6. The molecular formula is C18H12Cl3F3N2O3. The maximum absolute atomic E-state index is 13.8. The van der Waals surface area contributed by atoms with Gasteiger partial charge in [0.15, 0.2) is 5.78 Å². The lowest BCUT2D eigenvalue weighted by atomic mass is 9.77. The SMILES string of the molecule is O=C1N[C@H](c2ccc(Cl)c(Cl)c2)[C@H](C(=O)c2ccc(Cl)cc2)[C@@](O)(C(F)(F)F)N1. The summed E-state index contributed by atoms with van der Waals surface area (Å²) < 4.78 is 41.4. The number of rotatable bonds is 3. The van der Waals surface area contributed by atoms with Crippen molar-refractivity contribution in [3.05, 3.63) is 68.7 Å². The number of carbonyl (C=O) groups is 2. The smallest absolute Gasteiger partial charge is 0.363 e. The normalized spacial score (nSPS) is 24.6. The molecule has 0 aliphatic carbocycles. The van der Waals surface area contributed by atoms with Crippen LogP contribution in [0.25, 0.3) is 0 Å². The molecule has 1 fully saturated rings. The second-order valence-electron chi connectivity index (χ2n) is 6.36. The van der Waals surface area contributed by atoms with E-state index in [4.69, 9.17) is 34.8 Å². The molecule has 0 bridgehead atoms. The third kappa shape index (κ3) is 4.02. The van der Waals surface area contributed by atoms with Crippen LogP contribution in [0, 0.1) is 5.92 Å². The molecule has 1 aliphatic rings. The van der Waals surface area contributed by atoms with Gasteiger partial charge in [-0.3, -0.25) is 4.79 Å². The zero-order valence-electron chi connectivity index (χ0n) is 14.2. The van der Waals surface area contributed by atoms with Gasteiger partial charge in [0.25, 0.3) is 0 Å². The second-order valence-corrected chi connectivity index (χ2v) is 7.61. The average Bonchev–Trinajstić information content (AvgIpc) is 2.62. The molecule has 3 atom stereocenters. The topological polar surface area (TPSA) is 78.4 Å². The Morgan fingerprint density at radius 3 is 2.21 bits per heavy atom. The van der Waals surface area contributed by atoms with Crippen LogP contribution in [0.1, 0.15) is 22.0 Å². The molecule has 2 aromatic rings. The quantitative estimate of drug-likeness (QED) is 0.570. The highest BCUT2D eigenvalue weighted by molar-refractivity contribution is 6.42. The van der Waals surface area contributed by atoms with E-state index in [1.807, 2.05) is 0 Å². The minimum Gasteiger partial charge on any atom is -0.363 e. The summed E-state index contributed by atoms with van der Waals surface area (Å²) in [7, 11) is 0. The summed E-state index contributed by atoms with van der Waals surface area (Å²) in [5.41, 5.74) is -3.91. The molecular weight excluding hydrogens is 456 g/mol. The standard InChI is InChI=1S/C18H12Cl3F3N2O3/c19-10-4-1-8(2-5-10)15(27)13-14(9-3-6-11(20)12(21)7-9)25-16(28)26-17(13,29)18(22,23)24/h1-7,13-14,29H,(H2,25,26,28)/t13-,14-,17-/m1/s1. The first-order valence-electron chi connectivity index (χ1n) is 8.06. The molecule has 0 saturated carbocycles. The van der Waals surface area contributed by atoms with E-state index in [0.717, 1.165) is 0 Å². The van der Waals surface area contributed by atoms with Gasteiger partial charge >= 0.3 is 12.2 Å². The van der Waals surface area contributed by atoms with Crippen molar-refractivity contribution in [3.63, 3.8) is 0 Å². The third-order valence-electron chi connectivity index (χ3n) is 4.52. The van der Waals surface area contributed by atoms with Crippen LogP contribution in [0.4, 0.5) is 18.0 Å². The van der Waals surface area contributed by atoms with Crippen molar-refractivity contribution in [1.82, 2.24) is 10.6 Å². The molecule has 3 N–H and O–H groups in total. The van der Waals surface area contributed by atoms with E-state index >= 15 is 0 Å². The van der Waals surface area contributed by atoms with Gasteiger partial charge in [0.2, 0.25) is 5.72 Å². The lowest BCUT2D eigenvalue weighted by molar-refractivity contribution is -0.287. The van der Waals surface area contributed by atoms with Crippen molar-refractivity contribution in [1.29, 1.82) is 0 Å². The maximum Gasteiger partial charge on any atom is 0.437 e. The van der Waals surface area contributed by atoms with Crippen molar-refractivity contribution in [2.24, 2.45) is 5.92 Å². The summed E-state index contributed by atoms with van der Waals surface area (Å²) in [4.78, 5) is 25.0. The van der Waals surface area contributed by atoms with Crippen LogP contribution in [0.2, 0.25) is 15.1 Å². The summed E-state index contributed by atoms with van der Waals surface area (Å²) in [5, 5.41) is 14.6. The highest BCUT2D eigenvalue weighted by Crippen LogP contribution is 2.44. The van der Waals surface area contributed by atoms with Gasteiger partial charge in [-0.2, -0.15) is 13.2 Å². The first-order chi connectivity index (χ1) is 13.4. The van der Waals surface area contributed by atoms with Gasteiger partial charge in [-0.25, -0.2) is 4.79 Å². The van der Waals surface area contributed by atoms with Crippen LogP contribution in [0.3, 0.4) is 0 Å². The van der Waals surface area contributed by atoms with Crippen LogP contribution >= 0.6 is 34.8 Å². The van der Waals surface area contributed by atoms with Crippen LogP contribution in [0.15, 0.2) is 42.5 Å². The number of aliphatic hydroxyl groups is 1. The van der Waals surface area contributed by atoms with Gasteiger partial charge in [0.1, 0.15) is 5.92 Å². The summed E-state index contributed by atoms with van der Waals surface area (Å²) in [6.45, 7) is 0. The summed E-state index contributed by atoms with van der Waals surface area (Å²) in [6, 6.07) is 6.09. The van der Waals surface area contributed by atoms with Gasteiger partial charge in [0, 0.05) is 10.6 Å². The van der Waals surface area contributed by atoms with Crippen molar-refractivity contribution in [2.45, 2.75) is 17.9 Å². The highest BCUT2D eigenvalue weighted by Gasteiger charge is 2.66. The molecule has 5 nitrogen and oxygen atoms in total. The fraction of sp³-hybridized carbons (Fsp3) is 0.222. The molecule has 29 heavy (non-hydrogen) atoms. The Hall–Kier alpha value is -2.00. The monoisotopic (exact) mass is 466 g/mol. The Kier molecular flexibility index (Phi) is 5.75. The third-order valence-corrected chi connectivity index (χ3v) is 5.51. The van der Waals surface area contributed by atoms with E-state index in [9.17, 15) is 27.9 Å². The van der Waals surface area contributed by atoms with Gasteiger partial charge in [-0.1, -0.05) is 40.9 Å². The van der Waals surface area contributed by atoms with Crippen molar-refractivity contribution in [3.8, 4) is 0 Å². The average molecular weight is 468 g/mol. The Labute approximate surface area is 177 Å². The summed E-state index contributed by atoms with van der Waals surface area (Å²) in [6.07, 6.45) is -5.36. The first-order valence-corrected chi connectivity index (χ1v) is 9.20. The maximum atomic E-state index is 13.8. The fourth-order valence-electron chi connectivity index (χ4n) is 3.12. The molecule has 154 valence electrons. The zero-order valence-corrected chi connectivity index (χ0v) is 16.5. The molecule has 0 spiro atoms. The molecule has 1 heterocycles. The Balaban J connectivity index is 2.17. The fourth-order valence-corrected chi connectivity index (χ4v) is 3.55. The Morgan fingerprint density at radius 1 is 1.03 bits per heavy atom. The predicted octanol–water partition coefficient (Wildman–Crippen LogP) is 4.75. The molecule has 0 radical (unpaired) electrons. The lowest BCUT2D eigenvalue weighted by Crippen LogP contribution is -2.72. The van der Waals surface area contributed by atoms with Gasteiger partial charge in [0.05, 0.1) is 16.1 Å². The second kappa shape index (κ2) is 7.68. The molecule has 0 unspecified atom stereocenters. The number of ketones is 1. The first kappa shape index (κ1) is 21.7. The number of hydrogen-bond donors (Lipinski definition) is 3. The van der Waals surface area contributed by atoms with Gasteiger partial charge < -0.3 is 15.7 Å². The van der Waals surface area contributed by atoms with Crippen LogP contribution < -0.4 is 10.6 Å². The molecule has 0 aromatic heterocycles. The molecule has 3 rings (SSSR count). The van der Waals surface area contributed by atoms with Gasteiger partial charge in [-0.15, -0.1) is 0 Å². The number of halogens is 6. The van der Waals surface area contributed by atoms with Crippen LogP contribution in [-0.4, -0.2) is 28.8 Å². The van der Waals surface area contributed by atoms with E-state index < -0.39 is 35.7 Å². The minimum atomic E-state index is -5.36. The lowest BCUT2D eigenvalue weighted by Gasteiger charge is -2.45. The van der Waals surface area contributed by atoms with Crippen molar-refractivity contribution in [2.75, 3.05) is 0 Å². The minimum absolute atomic E-state index is 0.00480. The van der Waals surface area contributed by atoms with Crippen molar-refractivity contribution < 1.29 is 27.9 Å². The number of Topliss-reactive ketones (excluding diaryl/α,β-unsaturated/α-hetero) is 1. The number of amides is 2. The molecule has 1 saturated heterocycles. The van der Waals surface area contributed by atoms with Crippen LogP contribution in [0.5, 0.6) is 0 Å². The Bertz CT molecular complexity index is 969. The molecule has 1 aliphatic heterocycles. The molecule has 11 heteroatoms. The number of alkyl halides is 3. The van der Waals surface area contributed by atoms with E-state index in [-0.39, 0.29) is 26.2 Å².